The largest absolute Gasteiger partial charge is 0.496 e. The highest BCUT2D eigenvalue weighted by atomic mass is 16.5. The van der Waals surface area contributed by atoms with Gasteiger partial charge in [0.1, 0.15) is 5.75 Å². The molecule has 4 heteroatoms. The minimum atomic E-state index is 0.570. The van der Waals surface area contributed by atoms with Crippen LogP contribution in [-0.2, 0) is 17.8 Å². The predicted octanol–water partition coefficient (Wildman–Crippen LogP) is 1.38. The van der Waals surface area contributed by atoms with Gasteiger partial charge in [-0.05, 0) is 24.1 Å². The van der Waals surface area contributed by atoms with Crippen molar-refractivity contribution in [1.29, 1.82) is 0 Å². The Hall–Kier alpha value is -1.10. The first kappa shape index (κ1) is 13.3. The average Bonchev–Trinajstić information content (AvgIpc) is 2.67. The Morgan fingerprint density at radius 2 is 2.22 bits per heavy atom. The number of nitrogens with two attached hydrogens (primary N) is 1. The number of rotatable bonds is 4. The molecular weight excluding hydrogens is 228 g/mol. The molecule has 0 spiro atoms. The maximum atomic E-state index is 5.69. The maximum absolute atomic E-state index is 5.69. The molecule has 4 nitrogen and oxygen atoms in total. The van der Waals surface area contributed by atoms with Crippen molar-refractivity contribution >= 4 is 0 Å². The molecule has 2 N–H and O–H groups in total. The maximum Gasteiger partial charge on any atom is 0.123 e. The van der Waals surface area contributed by atoms with Gasteiger partial charge in [-0.2, -0.15) is 0 Å². The van der Waals surface area contributed by atoms with Gasteiger partial charge in [0.05, 0.1) is 13.7 Å². The van der Waals surface area contributed by atoms with Gasteiger partial charge < -0.3 is 15.2 Å². The zero-order valence-corrected chi connectivity index (χ0v) is 11.0. The van der Waals surface area contributed by atoms with Gasteiger partial charge in [0.2, 0.25) is 0 Å². The standard InChI is InChI=1S/C14H22N2O2/c1-17-14-4-3-12(10-15)9-13(14)11-16-5-2-7-18-8-6-16/h3-4,9H,2,5-8,10-11,15H2,1H3. The first-order chi connectivity index (χ1) is 8.83. The Kier molecular flexibility index (Phi) is 4.99. The molecule has 0 amide bonds. The van der Waals surface area contributed by atoms with Gasteiger partial charge in [0.15, 0.2) is 0 Å². The van der Waals surface area contributed by atoms with Crippen LogP contribution in [0.2, 0.25) is 0 Å². The van der Waals surface area contributed by atoms with Crippen molar-refractivity contribution < 1.29 is 9.47 Å². The van der Waals surface area contributed by atoms with Crippen molar-refractivity contribution in [3.63, 3.8) is 0 Å². The van der Waals surface area contributed by atoms with E-state index in [-0.39, 0.29) is 0 Å². The van der Waals surface area contributed by atoms with Crippen molar-refractivity contribution in [2.24, 2.45) is 5.73 Å². The summed E-state index contributed by atoms with van der Waals surface area (Å²) < 4.78 is 10.9. The molecule has 1 aliphatic rings. The van der Waals surface area contributed by atoms with E-state index >= 15 is 0 Å². The van der Waals surface area contributed by atoms with Crippen molar-refractivity contribution in [2.45, 2.75) is 19.5 Å². The molecule has 0 atom stereocenters. The van der Waals surface area contributed by atoms with Crippen LogP contribution in [0.4, 0.5) is 0 Å². The van der Waals surface area contributed by atoms with Crippen LogP contribution in [0.3, 0.4) is 0 Å². The van der Waals surface area contributed by atoms with Crippen LogP contribution in [0.1, 0.15) is 17.5 Å². The Morgan fingerprint density at radius 3 is 3.00 bits per heavy atom. The molecule has 2 rings (SSSR count). The van der Waals surface area contributed by atoms with E-state index in [4.69, 9.17) is 15.2 Å². The number of hydrogen-bond donors (Lipinski definition) is 1. The van der Waals surface area contributed by atoms with Gasteiger partial charge in [-0.15, -0.1) is 0 Å². The second kappa shape index (κ2) is 6.73. The van der Waals surface area contributed by atoms with Gasteiger partial charge in [-0.1, -0.05) is 6.07 Å². The molecule has 18 heavy (non-hydrogen) atoms. The van der Waals surface area contributed by atoms with Crippen molar-refractivity contribution in [3.8, 4) is 5.75 Å². The monoisotopic (exact) mass is 250 g/mol. The molecule has 0 saturated carbocycles. The van der Waals surface area contributed by atoms with Crippen molar-refractivity contribution in [3.05, 3.63) is 29.3 Å². The Balaban J connectivity index is 2.10. The second-order valence-corrected chi connectivity index (χ2v) is 4.59. The van der Waals surface area contributed by atoms with Crippen LogP contribution in [0.5, 0.6) is 5.75 Å². The molecule has 0 bridgehead atoms. The number of methoxy groups -OCH3 is 1. The zero-order valence-electron chi connectivity index (χ0n) is 11.0. The third-order valence-electron chi connectivity index (χ3n) is 3.29. The number of ether oxygens (including phenoxy) is 2. The lowest BCUT2D eigenvalue weighted by atomic mass is 10.1. The summed E-state index contributed by atoms with van der Waals surface area (Å²) in [5, 5.41) is 0. The average molecular weight is 250 g/mol. The molecular formula is C14H22N2O2. The first-order valence-corrected chi connectivity index (χ1v) is 6.49. The Bertz CT molecular complexity index is 374. The zero-order chi connectivity index (χ0) is 12.8. The Morgan fingerprint density at radius 1 is 1.33 bits per heavy atom. The summed E-state index contributed by atoms with van der Waals surface area (Å²) in [6.45, 7) is 5.22. The molecule has 1 fully saturated rings. The minimum absolute atomic E-state index is 0.570. The Labute approximate surface area is 109 Å². The molecule has 1 aromatic rings. The summed E-state index contributed by atoms with van der Waals surface area (Å²) in [5.74, 6) is 0.942. The van der Waals surface area contributed by atoms with Crippen LogP contribution in [0, 0.1) is 0 Å². The highest BCUT2D eigenvalue weighted by Crippen LogP contribution is 2.22. The van der Waals surface area contributed by atoms with Gasteiger partial charge in [0, 0.05) is 38.3 Å². The minimum Gasteiger partial charge on any atom is -0.496 e. The number of benzene rings is 1. The quantitative estimate of drug-likeness (QED) is 0.877. The lowest BCUT2D eigenvalue weighted by Gasteiger charge is -2.21. The molecule has 0 radical (unpaired) electrons. The fourth-order valence-corrected chi connectivity index (χ4v) is 2.28. The topological polar surface area (TPSA) is 47.7 Å². The van der Waals surface area contributed by atoms with Crippen molar-refractivity contribution in [2.75, 3.05) is 33.4 Å². The molecule has 1 aliphatic heterocycles. The molecule has 0 unspecified atom stereocenters. The van der Waals surface area contributed by atoms with Gasteiger partial charge >= 0.3 is 0 Å². The highest BCUT2D eigenvalue weighted by molar-refractivity contribution is 5.37. The normalized spacial score (nSPS) is 17.4. The fourth-order valence-electron chi connectivity index (χ4n) is 2.28. The summed E-state index contributed by atoms with van der Waals surface area (Å²) in [6, 6.07) is 6.17. The lowest BCUT2D eigenvalue weighted by molar-refractivity contribution is 0.140. The van der Waals surface area contributed by atoms with E-state index in [1.165, 1.54) is 5.56 Å². The summed E-state index contributed by atoms with van der Waals surface area (Å²) >= 11 is 0. The third kappa shape index (κ3) is 3.45. The summed E-state index contributed by atoms with van der Waals surface area (Å²) in [5.41, 5.74) is 8.05. The summed E-state index contributed by atoms with van der Waals surface area (Å²) in [4.78, 5) is 2.41. The van der Waals surface area contributed by atoms with E-state index in [1.807, 2.05) is 12.1 Å². The van der Waals surface area contributed by atoms with Crippen LogP contribution in [0.25, 0.3) is 0 Å². The van der Waals surface area contributed by atoms with Gasteiger partial charge in [0.25, 0.3) is 0 Å². The summed E-state index contributed by atoms with van der Waals surface area (Å²) in [7, 11) is 1.71. The van der Waals surface area contributed by atoms with Crippen LogP contribution < -0.4 is 10.5 Å². The van der Waals surface area contributed by atoms with E-state index in [1.54, 1.807) is 7.11 Å². The number of nitrogens with zero attached hydrogens (tertiary/aromatic N) is 1. The number of hydrogen-bond acceptors (Lipinski definition) is 4. The van der Waals surface area contributed by atoms with Gasteiger partial charge in [-0.25, -0.2) is 0 Å². The fraction of sp³-hybridized carbons (Fsp3) is 0.571. The molecule has 100 valence electrons. The molecule has 0 aliphatic carbocycles. The molecule has 1 heterocycles. The van der Waals surface area contributed by atoms with Crippen molar-refractivity contribution in [1.82, 2.24) is 4.90 Å². The van der Waals surface area contributed by atoms with E-state index in [2.05, 4.69) is 11.0 Å². The van der Waals surface area contributed by atoms with Crippen LogP contribution >= 0.6 is 0 Å². The predicted molar refractivity (Wildman–Crippen MR) is 71.6 cm³/mol. The second-order valence-electron chi connectivity index (χ2n) is 4.59. The molecule has 1 aromatic carbocycles. The van der Waals surface area contributed by atoms with E-state index in [0.717, 1.165) is 50.6 Å². The van der Waals surface area contributed by atoms with E-state index in [9.17, 15) is 0 Å². The van der Waals surface area contributed by atoms with E-state index in [0.29, 0.717) is 6.54 Å². The first-order valence-electron chi connectivity index (χ1n) is 6.49. The lowest BCUT2D eigenvalue weighted by Crippen LogP contribution is -2.26. The highest BCUT2D eigenvalue weighted by Gasteiger charge is 2.12. The van der Waals surface area contributed by atoms with Crippen LogP contribution in [-0.4, -0.2) is 38.3 Å². The smallest absolute Gasteiger partial charge is 0.123 e. The van der Waals surface area contributed by atoms with E-state index < -0.39 is 0 Å². The third-order valence-corrected chi connectivity index (χ3v) is 3.29. The van der Waals surface area contributed by atoms with Crippen LogP contribution in [0.15, 0.2) is 18.2 Å². The molecule has 0 aromatic heterocycles. The molecule has 1 saturated heterocycles. The van der Waals surface area contributed by atoms with Gasteiger partial charge in [-0.3, -0.25) is 4.90 Å². The SMILES string of the molecule is COc1ccc(CN)cc1CN1CCCOCC1. The summed E-state index contributed by atoms with van der Waals surface area (Å²) in [6.07, 6.45) is 1.10.